The van der Waals surface area contributed by atoms with E-state index in [1.165, 1.54) is 5.56 Å². The van der Waals surface area contributed by atoms with Gasteiger partial charge >= 0.3 is 11.8 Å². The van der Waals surface area contributed by atoms with Gasteiger partial charge in [0.15, 0.2) is 0 Å². The van der Waals surface area contributed by atoms with Crippen molar-refractivity contribution in [1.29, 1.82) is 0 Å². The Morgan fingerprint density at radius 3 is 2.33 bits per heavy atom. The Bertz CT molecular complexity index is 714. The molecule has 126 valence electrons. The lowest BCUT2D eigenvalue weighted by molar-refractivity contribution is -0.139. The highest BCUT2D eigenvalue weighted by molar-refractivity contribution is 6.35. The van der Waals surface area contributed by atoms with Crippen molar-refractivity contribution in [2.24, 2.45) is 0 Å². The average Bonchev–Trinajstić information content (AvgIpc) is 2.60. The first-order chi connectivity index (χ1) is 11.5. The minimum atomic E-state index is -0.674. The van der Waals surface area contributed by atoms with E-state index >= 15 is 0 Å². The minimum Gasteiger partial charge on any atom is -0.344 e. The fourth-order valence-electron chi connectivity index (χ4n) is 2.29. The Hall–Kier alpha value is -2.33. The fourth-order valence-corrected chi connectivity index (χ4v) is 2.49. The van der Waals surface area contributed by atoms with Gasteiger partial charge in [0.25, 0.3) is 0 Å². The molecular weight excluding hydrogens is 324 g/mol. The molecule has 5 heteroatoms. The largest absolute Gasteiger partial charge is 0.344 e. The second kappa shape index (κ2) is 8.50. The number of hydrogen-bond donors (Lipinski definition) is 2. The molecule has 0 saturated heterocycles. The zero-order chi connectivity index (χ0) is 17.5. The van der Waals surface area contributed by atoms with Crippen LogP contribution in [0.5, 0.6) is 0 Å². The molecule has 0 spiro atoms. The van der Waals surface area contributed by atoms with Crippen LogP contribution in [0.1, 0.15) is 36.6 Å². The quantitative estimate of drug-likeness (QED) is 0.817. The van der Waals surface area contributed by atoms with Crippen LogP contribution >= 0.6 is 11.6 Å². The van der Waals surface area contributed by atoms with E-state index in [4.69, 9.17) is 11.6 Å². The normalized spacial score (nSPS) is 11.6. The lowest BCUT2D eigenvalue weighted by atomic mass is 10.1. The van der Waals surface area contributed by atoms with Crippen LogP contribution in [0.3, 0.4) is 0 Å². The SMILES string of the molecule is CCc1ccc(C(C)NC(=O)C(=O)NCc2ccccc2Cl)cc1. The van der Waals surface area contributed by atoms with Crippen molar-refractivity contribution in [1.82, 2.24) is 10.6 Å². The van der Waals surface area contributed by atoms with Crippen molar-refractivity contribution in [3.63, 3.8) is 0 Å². The predicted octanol–water partition coefficient (Wildman–Crippen LogP) is 3.40. The van der Waals surface area contributed by atoms with E-state index in [-0.39, 0.29) is 12.6 Å². The smallest absolute Gasteiger partial charge is 0.309 e. The van der Waals surface area contributed by atoms with E-state index in [9.17, 15) is 9.59 Å². The molecule has 0 bridgehead atoms. The first kappa shape index (κ1) is 18.0. The highest BCUT2D eigenvalue weighted by Gasteiger charge is 2.17. The summed E-state index contributed by atoms with van der Waals surface area (Å²) >= 11 is 6.02. The molecular formula is C19H21ClN2O2. The van der Waals surface area contributed by atoms with E-state index < -0.39 is 11.8 Å². The third-order valence-electron chi connectivity index (χ3n) is 3.84. The van der Waals surface area contributed by atoms with Crippen LogP contribution in [0.2, 0.25) is 5.02 Å². The molecule has 4 nitrogen and oxygen atoms in total. The van der Waals surface area contributed by atoms with Crippen molar-refractivity contribution >= 4 is 23.4 Å². The monoisotopic (exact) mass is 344 g/mol. The molecule has 24 heavy (non-hydrogen) atoms. The molecule has 1 unspecified atom stereocenters. The maximum Gasteiger partial charge on any atom is 0.309 e. The molecule has 2 rings (SSSR count). The van der Waals surface area contributed by atoms with Gasteiger partial charge in [0.2, 0.25) is 0 Å². The maximum absolute atomic E-state index is 12.0. The predicted molar refractivity (Wildman–Crippen MR) is 95.7 cm³/mol. The van der Waals surface area contributed by atoms with Crippen molar-refractivity contribution in [3.05, 3.63) is 70.2 Å². The summed E-state index contributed by atoms with van der Waals surface area (Å²) in [6.45, 7) is 4.15. The summed E-state index contributed by atoms with van der Waals surface area (Å²) in [6, 6.07) is 14.9. The Morgan fingerprint density at radius 1 is 1.04 bits per heavy atom. The third-order valence-corrected chi connectivity index (χ3v) is 4.21. The van der Waals surface area contributed by atoms with Crippen molar-refractivity contribution in [3.8, 4) is 0 Å². The summed E-state index contributed by atoms with van der Waals surface area (Å²) in [7, 11) is 0. The second-order valence-corrected chi connectivity index (χ2v) is 5.97. The molecule has 2 amide bonds. The number of rotatable bonds is 5. The molecule has 0 heterocycles. The van der Waals surface area contributed by atoms with Gasteiger partial charge in [0.1, 0.15) is 0 Å². The van der Waals surface area contributed by atoms with E-state index in [2.05, 4.69) is 17.6 Å². The third kappa shape index (κ3) is 4.83. The van der Waals surface area contributed by atoms with Crippen molar-refractivity contribution in [2.75, 3.05) is 0 Å². The van der Waals surface area contributed by atoms with Gasteiger partial charge in [0.05, 0.1) is 6.04 Å². The Morgan fingerprint density at radius 2 is 1.71 bits per heavy atom. The maximum atomic E-state index is 12.0. The number of aryl methyl sites for hydroxylation is 1. The van der Waals surface area contributed by atoms with E-state index in [1.807, 2.05) is 43.3 Å². The van der Waals surface area contributed by atoms with Crippen LogP contribution in [0.25, 0.3) is 0 Å². The van der Waals surface area contributed by atoms with Gasteiger partial charge in [-0.2, -0.15) is 0 Å². The van der Waals surface area contributed by atoms with E-state index in [0.29, 0.717) is 5.02 Å². The highest BCUT2D eigenvalue weighted by atomic mass is 35.5. The Balaban J connectivity index is 1.88. The number of hydrogen-bond acceptors (Lipinski definition) is 2. The molecule has 0 radical (unpaired) electrons. The Labute approximate surface area is 147 Å². The number of halogens is 1. The van der Waals surface area contributed by atoms with E-state index in [1.54, 1.807) is 12.1 Å². The van der Waals surface area contributed by atoms with Gasteiger partial charge in [-0.15, -0.1) is 0 Å². The van der Waals surface area contributed by atoms with Crippen LogP contribution in [0.15, 0.2) is 48.5 Å². The van der Waals surface area contributed by atoms with Crippen molar-refractivity contribution in [2.45, 2.75) is 32.9 Å². The van der Waals surface area contributed by atoms with Crippen molar-refractivity contribution < 1.29 is 9.59 Å². The molecule has 1 atom stereocenters. The molecule has 2 aromatic rings. The molecule has 2 N–H and O–H groups in total. The lowest BCUT2D eigenvalue weighted by Gasteiger charge is -2.14. The molecule has 0 aliphatic carbocycles. The standard InChI is InChI=1S/C19H21ClN2O2/c1-3-14-8-10-15(11-9-14)13(2)22-19(24)18(23)21-12-16-6-4-5-7-17(16)20/h4-11,13H,3,12H2,1-2H3,(H,21,23)(H,22,24). The summed E-state index contributed by atoms with van der Waals surface area (Å²) in [6.07, 6.45) is 0.964. The fraction of sp³-hybridized carbons (Fsp3) is 0.263. The highest BCUT2D eigenvalue weighted by Crippen LogP contribution is 2.15. The van der Waals surface area contributed by atoms with Gasteiger partial charge in [-0.1, -0.05) is 61.0 Å². The summed E-state index contributed by atoms with van der Waals surface area (Å²) in [5, 5.41) is 5.84. The molecule has 0 saturated carbocycles. The summed E-state index contributed by atoms with van der Waals surface area (Å²) < 4.78 is 0. The molecule has 0 aliphatic rings. The Kier molecular flexibility index (Phi) is 6.38. The molecule has 0 aliphatic heterocycles. The second-order valence-electron chi connectivity index (χ2n) is 5.56. The van der Waals surface area contributed by atoms with Gasteiger partial charge < -0.3 is 10.6 Å². The van der Waals surface area contributed by atoms with Crippen LogP contribution in [0.4, 0.5) is 0 Å². The lowest BCUT2D eigenvalue weighted by Crippen LogP contribution is -2.40. The summed E-state index contributed by atoms with van der Waals surface area (Å²) in [5.74, 6) is -1.33. The number of amides is 2. The minimum absolute atomic E-state index is 0.214. The first-order valence-electron chi connectivity index (χ1n) is 7.92. The summed E-state index contributed by atoms with van der Waals surface area (Å²) in [5.41, 5.74) is 2.96. The topological polar surface area (TPSA) is 58.2 Å². The van der Waals surface area contributed by atoms with Crippen LogP contribution in [0, 0.1) is 0 Å². The zero-order valence-electron chi connectivity index (χ0n) is 13.8. The molecule has 2 aromatic carbocycles. The number of carbonyl (C=O) groups is 2. The first-order valence-corrected chi connectivity index (χ1v) is 8.30. The number of carbonyl (C=O) groups excluding carboxylic acids is 2. The van der Waals surface area contributed by atoms with Crippen LogP contribution < -0.4 is 10.6 Å². The van der Waals surface area contributed by atoms with Gasteiger partial charge in [-0.25, -0.2) is 0 Å². The average molecular weight is 345 g/mol. The van der Waals surface area contributed by atoms with Crippen LogP contribution in [-0.2, 0) is 22.6 Å². The summed E-state index contributed by atoms with van der Waals surface area (Å²) in [4.78, 5) is 23.9. The zero-order valence-corrected chi connectivity index (χ0v) is 14.6. The van der Waals surface area contributed by atoms with Gasteiger partial charge in [-0.3, -0.25) is 9.59 Å². The number of benzene rings is 2. The van der Waals surface area contributed by atoms with Gasteiger partial charge in [0, 0.05) is 11.6 Å². The van der Waals surface area contributed by atoms with E-state index in [0.717, 1.165) is 17.5 Å². The van der Waals surface area contributed by atoms with Crippen LogP contribution in [-0.4, -0.2) is 11.8 Å². The number of nitrogens with one attached hydrogen (secondary N) is 2. The van der Waals surface area contributed by atoms with Gasteiger partial charge in [-0.05, 0) is 36.1 Å². The molecule has 0 aromatic heterocycles. The molecule has 0 fully saturated rings.